The van der Waals surface area contributed by atoms with Gasteiger partial charge in [0.2, 0.25) is 0 Å². The summed E-state index contributed by atoms with van der Waals surface area (Å²) in [6.45, 7) is 6.84. The summed E-state index contributed by atoms with van der Waals surface area (Å²) in [5.41, 5.74) is 0. The first-order valence-electron chi connectivity index (χ1n) is 8.04. The van der Waals surface area contributed by atoms with Crippen LogP contribution >= 0.6 is 0 Å². The number of likely N-dealkylation sites (tertiary alicyclic amines) is 1. The Bertz CT molecular complexity index is 483. The highest BCUT2D eigenvalue weighted by atomic mass is 16.5. The Labute approximate surface area is 132 Å². The molecule has 2 rings (SSSR count). The lowest BCUT2D eigenvalue weighted by atomic mass is 9.98. The van der Waals surface area contributed by atoms with Crippen molar-refractivity contribution in [2.75, 3.05) is 13.3 Å². The van der Waals surface area contributed by atoms with Crippen molar-refractivity contribution >= 4 is 6.03 Å². The van der Waals surface area contributed by atoms with Gasteiger partial charge in [-0.05, 0) is 52.2 Å². The van der Waals surface area contributed by atoms with Crippen LogP contribution in [0.4, 0.5) is 4.79 Å². The van der Waals surface area contributed by atoms with Crippen molar-refractivity contribution in [3.63, 3.8) is 0 Å². The third-order valence-corrected chi connectivity index (χ3v) is 4.03. The molecule has 2 amide bonds. The lowest BCUT2D eigenvalue weighted by molar-refractivity contribution is 0.116. The first kappa shape index (κ1) is 16.5. The zero-order valence-corrected chi connectivity index (χ0v) is 13.7. The van der Waals surface area contributed by atoms with Crippen molar-refractivity contribution in [1.82, 2.24) is 10.2 Å². The number of hydrogen-bond acceptors (Lipinski definition) is 3. The second-order valence-corrected chi connectivity index (χ2v) is 5.69. The van der Waals surface area contributed by atoms with Gasteiger partial charge in [0.15, 0.2) is 18.2 Å². The number of nitrogens with zero attached hydrogens (tertiary/aromatic N) is 1. The summed E-state index contributed by atoms with van der Waals surface area (Å²) in [5.74, 6) is 1.34. The number of amides is 2. The van der Waals surface area contributed by atoms with Crippen LogP contribution in [0.3, 0.4) is 0 Å². The van der Waals surface area contributed by atoms with Gasteiger partial charge in [0.1, 0.15) is 0 Å². The molecule has 0 bridgehead atoms. The molecule has 1 fully saturated rings. The van der Waals surface area contributed by atoms with E-state index in [0.29, 0.717) is 18.1 Å². The highest BCUT2D eigenvalue weighted by Gasteiger charge is 2.28. The molecule has 0 aliphatic carbocycles. The monoisotopic (exact) mass is 306 g/mol. The van der Waals surface area contributed by atoms with Crippen LogP contribution in [0, 0.1) is 0 Å². The summed E-state index contributed by atoms with van der Waals surface area (Å²) in [6.07, 6.45) is 3.31. The van der Waals surface area contributed by atoms with Gasteiger partial charge in [0.25, 0.3) is 0 Å². The third-order valence-electron chi connectivity index (χ3n) is 4.03. The standard InChI is InChI=1S/C17H26N2O3/c1-4-21-15-10-5-6-11-16(15)22-12-18-17(20)19-13(2)8-7-9-14(19)3/h5-6,10-11,13-14H,4,7-9,12H2,1-3H3,(H,18,20). The smallest absolute Gasteiger partial charge is 0.320 e. The van der Waals surface area contributed by atoms with E-state index in [4.69, 9.17) is 9.47 Å². The van der Waals surface area contributed by atoms with Gasteiger partial charge in [-0.2, -0.15) is 0 Å². The maximum Gasteiger partial charge on any atom is 0.320 e. The topological polar surface area (TPSA) is 50.8 Å². The Balaban J connectivity index is 1.87. The number of hydrogen-bond donors (Lipinski definition) is 1. The second kappa shape index (κ2) is 7.92. The molecule has 2 atom stereocenters. The summed E-state index contributed by atoms with van der Waals surface area (Å²) in [6, 6.07) is 7.97. The first-order valence-corrected chi connectivity index (χ1v) is 8.04. The molecule has 5 nitrogen and oxygen atoms in total. The molecule has 1 aromatic carbocycles. The predicted octanol–water partition coefficient (Wildman–Crippen LogP) is 3.39. The molecule has 2 unspecified atom stereocenters. The Morgan fingerprint density at radius 1 is 1.18 bits per heavy atom. The molecule has 0 aromatic heterocycles. The number of piperidine rings is 1. The summed E-state index contributed by atoms with van der Waals surface area (Å²) in [4.78, 5) is 14.2. The maximum absolute atomic E-state index is 12.3. The van der Waals surface area contributed by atoms with E-state index in [-0.39, 0.29) is 24.8 Å². The maximum atomic E-state index is 12.3. The molecule has 1 N–H and O–H groups in total. The molecule has 0 saturated carbocycles. The van der Waals surface area contributed by atoms with Crippen molar-refractivity contribution in [2.24, 2.45) is 0 Å². The largest absolute Gasteiger partial charge is 0.490 e. The van der Waals surface area contributed by atoms with Crippen molar-refractivity contribution in [3.05, 3.63) is 24.3 Å². The number of nitrogens with one attached hydrogen (secondary N) is 1. The molecule has 1 aliphatic rings. The number of para-hydroxylation sites is 2. The number of benzene rings is 1. The quantitative estimate of drug-likeness (QED) is 0.848. The van der Waals surface area contributed by atoms with E-state index in [2.05, 4.69) is 19.2 Å². The highest BCUT2D eigenvalue weighted by Crippen LogP contribution is 2.26. The third kappa shape index (κ3) is 4.06. The summed E-state index contributed by atoms with van der Waals surface area (Å²) >= 11 is 0. The molecule has 22 heavy (non-hydrogen) atoms. The van der Waals surface area contributed by atoms with Gasteiger partial charge in [0.05, 0.1) is 6.61 Å². The normalized spacial score (nSPS) is 21.3. The average Bonchev–Trinajstić information content (AvgIpc) is 2.49. The van der Waals surface area contributed by atoms with Crippen molar-refractivity contribution in [1.29, 1.82) is 0 Å². The van der Waals surface area contributed by atoms with Crippen LogP contribution in [0.5, 0.6) is 11.5 Å². The Morgan fingerprint density at radius 2 is 1.77 bits per heavy atom. The minimum atomic E-state index is -0.0615. The summed E-state index contributed by atoms with van der Waals surface area (Å²) in [7, 11) is 0. The lowest BCUT2D eigenvalue weighted by Crippen LogP contribution is -2.52. The Kier molecular flexibility index (Phi) is 5.92. The molecular weight excluding hydrogens is 280 g/mol. The van der Waals surface area contributed by atoms with E-state index >= 15 is 0 Å². The highest BCUT2D eigenvalue weighted by molar-refractivity contribution is 5.74. The van der Waals surface area contributed by atoms with Gasteiger partial charge in [-0.25, -0.2) is 4.79 Å². The number of urea groups is 1. The van der Waals surface area contributed by atoms with Gasteiger partial charge >= 0.3 is 6.03 Å². The molecular formula is C17H26N2O3. The van der Waals surface area contributed by atoms with Gasteiger partial charge in [-0.1, -0.05) is 12.1 Å². The van der Waals surface area contributed by atoms with Crippen LogP contribution in [0.25, 0.3) is 0 Å². The fourth-order valence-electron chi connectivity index (χ4n) is 2.93. The van der Waals surface area contributed by atoms with E-state index in [1.54, 1.807) is 0 Å². The van der Waals surface area contributed by atoms with Crippen LogP contribution in [0.1, 0.15) is 40.0 Å². The molecule has 0 spiro atoms. The molecule has 1 aliphatic heterocycles. The van der Waals surface area contributed by atoms with Gasteiger partial charge < -0.3 is 19.7 Å². The van der Waals surface area contributed by atoms with Gasteiger partial charge in [-0.15, -0.1) is 0 Å². The van der Waals surface area contributed by atoms with E-state index in [0.717, 1.165) is 12.8 Å². The second-order valence-electron chi connectivity index (χ2n) is 5.69. The van der Waals surface area contributed by atoms with Crippen LogP contribution in [-0.4, -0.2) is 36.4 Å². The zero-order chi connectivity index (χ0) is 15.9. The Morgan fingerprint density at radius 3 is 2.36 bits per heavy atom. The van der Waals surface area contributed by atoms with E-state index < -0.39 is 0 Å². The number of rotatable bonds is 5. The molecule has 1 aromatic rings. The van der Waals surface area contributed by atoms with E-state index in [1.807, 2.05) is 36.1 Å². The number of carbonyl (C=O) groups is 1. The molecule has 122 valence electrons. The van der Waals surface area contributed by atoms with Crippen LogP contribution in [-0.2, 0) is 0 Å². The fourth-order valence-corrected chi connectivity index (χ4v) is 2.93. The summed E-state index contributed by atoms with van der Waals surface area (Å²) < 4.78 is 11.1. The van der Waals surface area contributed by atoms with Crippen molar-refractivity contribution in [3.8, 4) is 11.5 Å². The zero-order valence-electron chi connectivity index (χ0n) is 13.7. The number of ether oxygens (including phenoxy) is 2. The van der Waals surface area contributed by atoms with E-state index in [1.165, 1.54) is 6.42 Å². The fraction of sp³-hybridized carbons (Fsp3) is 0.588. The van der Waals surface area contributed by atoms with Crippen LogP contribution in [0.15, 0.2) is 24.3 Å². The summed E-state index contributed by atoms with van der Waals surface area (Å²) in [5, 5.41) is 2.84. The molecule has 5 heteroatoms. The van der Waals surface area contributed by atoms with Crippen molar-refractivity contribution in [2.45, 2.75) is 52.1 Å². The van der Waals surface area contributed by atoms with Crippen LogP contribution < -0.4 is 14.8 Å². The van der Waals surface area contributed by atoms with Crippen LogP contribution in [0.2, 0.25) is 0 Å². The molecule has 0 radical (unpaired) electrons. The first-order chi connectivity index (χ1) is 10.6. The Hall–Kier alpha value is -1.91. The van der Waals surface area contributed by atoms with Crippen molar-refractivity contribution < 1.29 is 14.3 Å². The SMILES string of the molecule is CCOc1ccccc1OCNC(=O)N1C(C)CCCC1C. The van der Waals surface area contributed by atoms with Gasteiger partial charge in [0, 0.05) is 12.1 Å². The minimum absolute atomic E-state index is 0.0615. The predicted molar refractivity (Wildman–Crippen MR) is 86.3 cm³/mol. The van der Waals surface area contributed by atoms with Gasteiger partial charge in [-0.3, -0.25) is 0 Å². The molecule has 1 heterocycles. The minimum Gasteiger partial charge on any atom is -0.490 e. The molecule has 1 saturated heterocycles. The number of carbonyl (C=O) groups excluding carboxylic acids is 1. The van der Waals surface area contributed by atoms with E-state index in [9.17, 15) is 4.79 Å². The lowest BCUT2D eigenvalue weighted by Gasteiger charge is -2.38. The average molecular weight is 306 g/mol.